The minimum absolute atomic E-state index is 0.400. The first-order chi connectivity index (χ1) is 9.70. The molecule has 0 spiro atoms. The molecule has 0 bridgehead atoms. The number of para-hydroxylation sites is 1. The van der Waals surface area contributed by atoms with E-state index >= 15 is 0 Å². The van der Waals surface area contributed by atoms with Crippen LogP contribution in [0.3, 0.4) is 0 Å². The summed E-state index contributed by atoms with van der Waals surface area (Å²) >= 11 is 1.28. The molecular formula is C14H13NO4S. The second-order valence-corrected chi connectivity index (χ2v) is 5.27. The maximum Gasteiger partial charge on any atom is 0.350 e. The predicted molar refractivity (Wildman–Crippen MR) is 76.5 cm³/mol. The average Bonchev–Trinajstić information content (AvgIpc) is 2.87. The normalized spacial score (nSPS) is 13.1. The van der Waals surface area contributed by atoms with Crippen molar-refractivity contribution in [3.05, 3.63) is 29.1 Å². The van der Waals surface area contributed by atoms with Crippen molar-refractivity contribution < 1.29 is 19.0 Å². The molecule has 6 heteroatoms. The van der Waals surface area contributed by atoms with Gasteiger partial charge in [0.05, 0.1) is 12.8 Å². The van der Waals surface area contributed by atoms with E-state index in [2.05, 4.69) is 0 Å². The Morgan fingerprint density at radius 2 is 2.15 bits per heavy atom. The van der Waals surface area contributed by atoms with Crippen LogP contribution in [-0.2, 0) is 4.74 Å². The van der Waals surface area contributed by atoms with E-state index in [1.165, 1.54) is 18.4 Å². The molecule has 0 aliphatic carbocycles. The Kier molecular flexibility index (Phi) is 3.23. The highest BCUT2D eigenvalue weighted by molar-refractivity contribution is 7.18. The highest BCUT2D eigenvalue weighted by Gasteiger charge is 2.21. The molecular weight excluding hydrogens is 278 g/mol. The van der Waals surface area contributed by atoms with Gasteiger partial charge in [-0.25, -0.2) is 4.79 Å². The fraction of sp³-hybridized carbons (Fsp3) is 0.214. The molecule has 1 aliphatic rings. The fourth-order valence-electron chi connectivity index (χ4n) is 2.06. The molecule has 20 heavy (non-hydrogen) atoms. The standard InChI is InChI=1S/C14H13NO4S/c1-17-14(16)13-9(15)7-11(20-13)8-3-2-4-10-12(8)19-6-5-18-10/h2-4,7H,5-6,15H2,1H3. The van der Waals surface area contributed by atoms with Gasteiger partial charge in [0.1, 0.15) is 18.1 Å². The average molecular weight is 291 g/mol. The third kappa shape index (κ3) is 2.08. The molecule has 2 aromatic rings. The number of carbonyl (C=O) groups excluding carboxylic acids is 1. The number of carbonyl (C=O) groups is 1. The molecule has 2 heterocycles. The van der Waals surface area contributed by atoms with Crippen molar-refractivity contribution in [3.63, 3.8) is 0 Å². The first-order valence-corrected chi connectivity index (χ1v) is 6.89. The van der Waals surface area contributed by atoms with Crippen LogP contribution in [-0.4, -0.2) is 26.3 Å². The molecule has 5 nitrogen and oxygen atoms in total. The second kappa shape index (κ2) is 5.05. The van der Waals surface area contributed by atoms with Gasteiger partial charge >= 0.3 is 5.97 Å². The number of ether oxygens (including phenoxy) is 3. The number of benzene rings is 1. The zero-order chi connectivity index (χ0) is 14.1. The smallest absolute Gasteiger partial charge is 0.350 e. The summed E-state index contributed by atoms with van der Waals surface area (Å²) in [6.45, 7) is 1.05. The molecule has 1 aliphatic heterocycles. The van der Waals surface area contributed by atoms with Crippen LogP contribution in [0.2, 0.25) is 0 Å². The molecule has 0 unspecified atom stereocenters. The van der Waals surface area contributed by atoms with Crippen LogP contribution in [0.25, 0.3) is 10.4 Å². The van der Waals surface area contributed by atoms with Crippen molar-refractivity contribution in [2.75, 3.05) is 26.1 Å². The molecule has 1 aromatic heterocycles. The van der Waals surface area contributed by atoms with Gasteiger partial charge < -0.3 is 19.9 Å². The van der Waals surface area contributed by atoms with E-state index in [-0.39, 0.29) is 0 Å². The summed E-state index contributed by atoms with van der Waals surface area (Å²) in [7, 11) is 1.34. The van der Waals surface area contributed by atoms with Gasteiger partial charge in [-0.15, -0.1) is 11.3 Å². The zero-order valence-corrected chi connectivity index (χ0v) is 11.7. The van der Waals surface area contributed by atoms with Gasteiger partial charge in [0.25, 0.3) is 0 Å². The van der Waals surface area contributed by atoms with Gasteiger partial charge in [0, 0.05) is 10.4 Å². The molecule has 0 atom stereocenters. The van der Waals surface area contributed by atoms with Crippen LogP contribution in [0.4, 0.5) is 5.69 Å². The number of rotatable bonds is 2. The molecule has 0 radical (unpaired) electrons. The number of esters is 1. The van der Waals surface area contributed by atoms with E-state index in [4.69, 9.17) is 19.9 Å². The summed E-state index contributed by atoms with van der Waals surface area (Å²) in [6, 6.07) is 7.41. The number of hydrogen-bond donors (Lipinski definition) is 1. The summed E-state index contributed by atoms with van der Waals surface area (Å²) in [4.78, 5) is 12.9. The Labute approximate surface area is 119 Å². The molecule has 3 rings (SSSR count). The van der Waals surface area contributed by atoms with Crippen molar-refractivity contribution in [1.29, 1.82) is 0 Å². The zero-order valence-electron chi connectivity index (χ0n) is 10.8. The monoisotopic (exact) mass is 291 g/mol. The van der Waals surface area contributed by atoms with Gasteiger partial charge in [-0.3, -0.25) is 0 Å². The van der Waals surface area contributed by atoms with Crippen molar-refractivity contribution in [1.82, 2.24) is 0 Å². The lowest BCUT2D eigenvalue weighted by Gasteiger charge is -2.20. The Hall–Kier alpha value is -2.21. The predicted octanol–water partition coefficient (Wildman–Crippen LogP) is 2.56. The molecule has 0 saturated carbocycles. The van der Waals surface area contributed by atoms with E-state index in [9.17, 15) is 4.79 Å². The number of nitrogens with two attached hydrogens (primary N) is 1. The number of nitrogen functional groups attached to an aromatic ring is 1. The topological polar surface area (TPSA) is 70.8 Å². The first kappa shape index (κ1) is 12.8. The van der Waals surface area contributed by atoms with Crippen LogP contribution in [0, 0.1) is 0 Å². The minimum atomic E-state index is -0.430. The first-order valence-electron chi connectivity index (χ1n) is 6.07. The van der Waals surface area contributed by atoms with Gasteiger partial charge in [0.2, 0.25) is 0 Å². The molecule has 0 fully saturated rings. The summed E-state index contributed by atoms with van der Waals surface area (Å²) in [6.07, 6.45) is 0. The molecule has 0 amide bonds. The van der Waals surface area contributed by atoms with E-state index < -0.39 is 5.97 Å². The summed E-state index contributed by atoms with van der Waals surface area (Å²) in [5.74, 6) is 0.970. The van der Waals surface area contributed by atoms with E-state index in [0.29, 0.717) is 35.3 Å². The van der Waals surface area contributed by atoms with E-state index in [1.807, 2.05) is 18.2 Å². The number of hydrogen-bond acceptors (Lipinski definition) is 6. The summed E-state index contributed by atoms with van der Waals surface area (Å²) < 4.78 is 15.9. The van der Waals surface area contributed by atoms with Crippen LogP contribution in [0.1, 0.15) is 9.67 Å². The highest BCUT2D eigenvalue weighted by atomic mass is 32.1. The maximum atomic E-state index is 11.6. The molecule has 0 saturated heterocycles. The lowest BCUT2D eigenvalue weighted by atomic mass is 10.1. The largest absolute Gasteiger partial charge is 0.486 e. The van der Waals surface area contributed by atoms with Crippen molar-refractivity contribution in [3.8, 4) is 21.9 Å². The third-order valence-electron chi connectivity index (χ3n) is 2.96. The number of thiophene rings is 1. The van der Waals surface area contributed by atoms with Crippen LogP contribution in [0.15, 0.2) is 24.3 Å². The van der Waals surface area contributed by atoms with Crippen molar-refractivity contribution in [2.45, 2.75) is 0 Å². The Bertz CT molecular complexity index is 665. The van der Waals surface area contributed by atoms with E-state index in [1.54, 1.807) is 6.07 Å². The molecule has 104 valence electrons. The van der Waals surface area contributed by atoms with Crippen LogP contribution >= 0.6 is 11.3 Å². The Balaban J connectivity index is 2.08. The maximum absolute atomic E-state index is 11.6. The number of fused-ring (bicyclic) bond motifs is 1. The summed E-state index contributed by atoms with van der Waals surface area (Å²) in [5.41, 5.74) is 7.15. The fourth-order valence-corrected chi connectivity index (χ4v) is 3.08. The summed E-state index contributed by atoms with van der Waals surface area (Å²) in [5, 5.41) is 0. The van der Waals surface area contributed by atoms with Gasteiger partial charge in [-0.05, 0) is 18.2 Å². The Morgan fingerprint density at radius 1 is 1.35 bits per heavy atom. The number of methoxy groups -OCH3 is 1. The lowest BCUT2D eigenvalue weighted by Crippen LogP contribution is -2.15. The second-order valence-electron chi connectivity index (χ2n) is 4.22. The highest BCUT2D eigenvalue weighted by Crippen LogP contribution is 2.43. The SMILES string of the molecule is COC(=O)c1sc(-c2cccc3c2OCCO3)cc1N. The van der Waals surface area contributed by atoms with Gasteiger partial charge in [0.15, 0.2) is 11.5 Å². The Morgan fingerprint density at radius 3 is 2.95 bits per heavy atom. The minimum Gasteiger partial charge on any atom is -0.486 e. The lowest BCUT2D eigenvalue weighted by molar-refractivity contribution is 0.0607. The van der Waals surface area contributed by atoms with Crippen LogP contribution < -0.4 is 15.2 Å². The molecule has 2 N–H and O–H groups in total. The van der Waals surface area contributed by atoms with Crippen LogP contribution in [0.5, 0.6) is 11.5 Å². The van der Waals surface area contributed by atoms with E-state index in [0.717, 1.165) is 10.4 Å². The molecule has 1 aromatic carbocycles. The van der Waals surface area contributed by atoms with Crippen molar-refractivity contribution in [2.24, 2.45) is 0 Å². The van der Waals surface area contributed by atoms with Crippen molar-refractivity contribution >= 4 is 23.0 Å². The van der Waals surface area contributed by atoms with Gasteiger partial charge in [-0.1, -0.05) is 6.07 Å². The quantitative estimate of drug-likeness (QED) is 0.861. The number of anilines is 1. The third-order valence-corrected chi connectivity index (χ3v) is 4.13. The van der Waals surface area contributed by atoms with Gasteiger partial charge in [-0.2, -0.15) is 0 Å².